The molecule has 2 aliphatic heterocycles. The van der Waals surface area contributed by atoms with Crippen molar-refractivity contribution in [3.63, 3.8) is 0 Å². The van der Waals surface area contributed by atoms with E-state index in [1.807, 2.05) is 24.3 Å². The Hall–Kier alpha value is -6.02. The zero-order valence-corrected chi connectivity index (χ0v) is 37.0. The first-order chi connectivity index (χ1) is 30.6. The first kappa shape index (κ1) is 47.5. The van der Waals surface area contributed by atoms with Gasteiger partial charge in [0.25, 0.3) is 0 Å². The predicted molar refractivity (Wildman–Crippen MR) is 240 cm³/mol. The maximum absolute atomic E-state index is 14.6. The molecule has 3 fully saturated rings. The number of sulfonamides is 1. The Morgan fingerprint density at radius 2 is 1.53 bits per heavy atom. The number of guanidine groups is 1. The number of nitrogens with one attached hydrogen (secondary N) is 7. The standard InChI is InChI=1S/C44H61N11O8S/c1-64(62,63)54-35(23-28-14-6-3-7-15-28)41(59)53-36-26-49-38(56)32(18-10-20-47-44(45)46)50-40(58)34(24-29-25-48-31-17-9-8-16-30(29)31)51-39(57)33(22-27-12-4-2-5-13-27)52-42(60)37-19-11-21-55(37)43(36)61/h3,6-9,14-17,25,27,32-37,48,54H,2,4-5,10-13,18-24,26H2,1H3,(H,49,56)(H,50,58)(H,51,57)(H,52,60)(H,53,59)(H4,45,46,47)/t32-,33+,34-,35-,36?,37?/m0/s1. The van der Waals surface area contributed by atoms with E-state index >= 15 is 0 Å². The van der Waals surface area contributed by atoms with Crippen LogP contribution in [0.25, 0.3) is 10.9 Å². The number of rotatable bonds is 14. The summed E-state index contributed by atoms with van der Waals surface area (Å²) in [6.07, 6.45) is 8.72. The highest BCUT2D eigenvalue weighted by Crippen LogP contribution is 2.28. The van der Waals surface area contributed by atoms with Gasteiger partial charge in [-0.1, -0.05) is 80.6 Å². The molecule has 3 aliphatic rings. The summed E-state index contributed by atoms with van der Waals surface area (Å²) in [5.74, 6) is -4.11. The fraction of sp³-hybridized carbons (Fsp3) is 0.523. The quantitative estimate of drug-likeness (QED) is 0.0591. The van der Waals surface area contributed by atoms with Crippen molar-refractivity contribution in [2.45, 2.75) is 113 Å². The van der Waals surface area contributed by atoms with Crippen molar-refractivity contribution in [2.75, 3.05) is 25.9 Å². The molecular formula is C44H61N11O8S. The molecule has 2 aromatic carbocycles. The number of nitrogens with zero attached hydrogens (tertiary/aromatic N) is 2. The number of fused-ring (bicyclic) bond motifs is 2. The molecule has 6 atom stereocenters. The highest BCUT2D eigenvalue weighted by Gasteiger charge is 2.41. The van der Waals surface area contributed by atoms with E-state index in [9.17, 15) is 37.2 Å². The second kappa shape index (κ2) is 22.1. The number of H-pyrrole nitrogens is 1. The van der Waals surface area contributed by atoms with Crippen LogP contribution < -0.4 is 42.8 Å². The van der Waals surface area contributed by atoms with E-state index in [2.05, 4.69) is 41.3 Å². The number of hydrogen-bond donors (Lipinski definition) is 9. The summed E-state index contributed by atoms with van der Waals surface area (Å²) in [6, 6.07) is 8.89. The number of aliphatic imine (C=N–C) groups is 1. The Kier molecular flexibility index (Phi) is 16.4. The second-order valence-corrected chi connectivity index (χ2v) is 18.8. The Bertz CT molecular complexity index is 2280. The van der Waals surface area contributed by atoms with Crippen LogP contribution in [0.2, 0.25) is 0 Å². The molecule has 1 aromatic heterocycles. The summed E-state index contributed by atoms with van der Waals surface area (Å²) in [4.78, 5) is 94.7. The number of carbonyl (C=O) groups is 6. The predicted octanol–water partition coefficient (Wildman–Crippen LogP) is -0.0451. The number of aromatic nitrogens is 1. The fourth-order valence-electron chi connectivity index (χ4n) is 8.90. The molecule has 3 aromatic rings. The van der Waals surface area contributed by atoms with Gasteiger partial charge in [-0.2, -0.15) is 0 Å². The zero-order valence-electron chi connectivity index (χ0n) is 36.1. The monoisotopic (exact) mass is 903 g/mol. The van der Waals surface area contributed by atoms with E-state index < -0.39 is 88.3 Å². The second-order valence-electron chi connectivity index (χ2n) is 17.1. The highest BCUT2D eigenvalue weighted by atomic mass is 32.2. The van der Waals surface area contributed by atoms with E-state index in [0.717, 1.165) is 54.8 Å². The van der Waals surface area contributed by atoms with Crippen molar-refractivity contribution < 1.29 is 37.2 Å². The van der Waals surface area contributed by atoms with Crippen molar-refractivity contribution in [1.82, 2.24) is 41.2 Å². The topological polar surface area (TPSA) is 292 Å². The van der Waals surface area contributed by atoms with Crippen LogP contribution in [0.4, 0.5) is 0 Å². The van der Waals surface area contributed by atoms with Crippen LogP contribution in [0.1, 0.15) is 75.3 Å². The first-order valence-electron chi connectivity index (χ1n) is 22.1. The molecule has 6 amide bonds. The highest BCUT2D eigenvalue weighted by molar-refractivity contribution is 7.88. The minimum absolute atomic E-state index is 0.0404. The van der Waals surface area contributed by atoms with Gasteiger partial charge in [-0.15, -0.1) is 0 Å². The largest absolute Gasteiger partial charge is 0.370 e. The maximum atomic E-state index is 14.6. The van der Waals surface area contributed by atoms with Crippen molar-refractivity contribution in [1.29, 1.82) is 0 Å². The molecule has 1 aliphatic carbocycles. The Morgan fingerprint density at radius 1 is 0.844 bits per heavy atom. The first-order valence-corrected chi connectivity index (χ1v) is 24.0. The van der Waals surface area contributed by atoms with Gasteiger partial charge < -0.3 is 47.9 Å². The normalized spacial score (nSPS) is 23.6. The van der Waals surface area contributed by atoms with E-state index in [1.165, 1.54) is 4.90 Å². The molecule has 20 heteroatoms. The van der Waals surface area contributed by atoms with Gasteiger partial charge in [0.2, 0.25) is 45.5 Å². The van der Waals surface area contributed by atoms with Gasteiger partial charge in [-0.05, 0) is 61.6 Å². The van der Waals surface area contributed by atoms with Gasteiger partial charge in [-0.25, -0.2) is 13.1 Å². The van der Waals surface area contributed by atoms with Gasteiger partial charge in [0.15, 0.2) is 5.96 Å². The summed E-state index contributed by atoms with van der Waals surface area (Å²) in [7, 11) is -3.93. The third-order valence-corrected chi connectivity index (χ3v) is 12.8. The zero-order chi connectivity index (χ0) is 45.8. The smallest absolute Gasteiger partial charge is 0.247 e. The molecule has 1 saturated carbocycles. The Balaban J connectivity index is 1.36. The molecule has 11 N–H and O–H groups in total. The summed E-state index contributed by atoms with van der Waals surface area (Å²) in [6.45, 7) is -0.211. The third kappa shape index (κ3) is 13.3. The Labute approximate surface area is 373 Å². The molecule has 0 radical (unpaired) electrons. The van der Waals surface area contributed by atoms with Gasteiger partial charge in [0, 0.05) is 43.2 Å². The van der Waals surface area contributed by atoms with Crippen LogP contribution in [-0.4, -0.2) is 122 Å². The van der Waals surface area contributed by atoms with Gasteiger partial charge in [0.1, 0.15) is 36.3 Å². The van der Waals surface area contributed by atoms with Crippen molar-refractivity contribution in [2.24, 2.45) is 22.4 Å². The summed E-state index contributed by atoms with van der Waals surface area (Å²) in [5, 5.41) is 14.9. The molecule has 6 rings (SSSR count). The minimum Gasteiger partial charge on any atom is -0.370 e. The van der Waals surface area contributed by atoms with Crippen LogP contribution in [0, 0.1) is 5.92 Å². The van der Waals surface area contributed by atoms with Crippen LogP contribution in [0.3, 0.4) is 0 Å². The van der Waals surface area contributed by atoms with E-state index in [4.69, 9.17) is 11.5 Å². The number of benzene rings is 2. The van der Waals surface area contributed by atoms with Crippen LogP contribution >= 0.6 is 0 Å². The van der Waals surface area contributed by atoms with Crippen molar-refractivity contribution >= 4 is 62.3 Å². The minimum atomic E-state index is -3.93. The number of hydrogen-bond acceptors (Lipinski definition) is 9. The SMILES string of the molecule is CS(=O)(=O)N[C@@H](Cc1ccccc1)C(=O)NC1CNC(=O)[C@H](CCCN=C(N)N)NC(=O)[C@H](Cc2c[nH]c3ccccc23)NC(=O)[C@@H](CC2CCCCC2)NC(=O)C2CCCN2C1=O. The Morgan fingerprint density at radius 3 is 2.27 bits per heavy atom. The summed E-state index contributed by atoms with van der Waals surface area (Å²) >= 11 is 0. The number of aromatic amines is 1. The number of para-hydroxylation sites is 1. The molecule has 2 saturated heterocycles. The number of nitrogens with two attached hydrogens (primary N) is 2. The number of amides is 6. The van der Waals surface area contributed by atoms with E-state index in [-0.39, 0.29) is 57.1 Å². The van der Waals surface area contributed by atoms with Crippen molar-refractivity contribution in [3.05, 3.63) is 71.9 Å². The lowest BCUT2D eigenvalue weighted by molar-refractivity contribution is -0.143. The van der Waals surface area contributed by atoms with E-state index in [0.29, 0.717) is 18.4 Å². The molecule has 3 heterocycles. The average Bonchev–Trinajstić information content (AvgIpc) is 3.93. The molecule has 19 nitrogen and oxygen atoms in total. The van der Waals surface area contributed by atoms with Gasteiger partial charge >= 0.3 is 0 Å². The molecule has 0 spiro atoms. The molecular weight excluding hydrogens is 843 g/mol. The summed E-state index contributed by atoms with van der Waals surface area (Å²) < 4.78 is 27.3. The lowest BCUT2D eigenvalue weighted by atomic mass is 9.84. The third-order valence-electron chi connectivity index (χ3n) is 12.1. The molecule has 64 heavy (non-hydrogen) atoms. The van der Waals surface area contributed by atoms with Gasteiger partial charge in [-0.3, -0.25) is 33.8 Å². The maximum Gasteiger partial charge on any atom is 0.247 e. The van der Waals surface area contributed by atoms with Crippen LogP contribution in [0.5, 0.6) is 0 Å². The van der Waals surface area contributed by atoms with Crippen molar-refractivity contribution in [3.8, 4) is 0 Å². The summed E-state index contributed by atoms with van der Waals surface area (Å²) in [5.41, 5.74) is 13.3. The number of carbonyl (C=O) groups excluding carboxylic acids is 6. The lowest BCUT2D eigenvalue weighted by Crippen LogP contribution is -2.62. The molecule has 346 valence electrons. The fourth-order valence-corrected chi connectivity index (χ4v) is 9.61. The molecule has 0 bridgehead atoms. The molecule has 2 unspecified atom stereocenters. The van der Waals surface area contributed by atoms with Crippen LogP contribution in [0.15, 0.2) is 65.8 Å². The van der Waals surface area contributed by atoms with Crippen LogP contribution in [-0.2, 0) is 51.6 Å². The van der Waals surface area contributed by atoms with Gasteiger partial charge in [0.05, 0.1) is 6.26 Å². The average molecular weight is 904 g/mol. The van der Waals surface area contributed by atoms with E-state index in [1.54, 1.807) is 36.5 Å². The lowest BCUT2D eigenvalue weighted by Gasteiger charge is -2.33.